The van der Waals surface area contributed by atoms with Gasteiger partial charge >= 0.3 is 0 Å². The van der Waals surface area contributed by atoms with Crippen molar-refractivity contribution in [1.82, 2.24) is 14.7 Å². The molecule has 1 N–H and O–H groups in total. The Kier molecular flexibility index (Phi) is 49.4. The summed E-state index contributed by atoms with van der Waals surface area (Å²) in [7, 11) is 0. The second kappa shape index (κ2) is 51.7. The number of aliphatic hydroxyl groups is 1. The van der Waals surface area contributed by atoms with Gasteiger partial charge in [-0.15, -0.1) is 0 Å². The standard InChI is InChI=1S/C63H125N3O3/c1-5-9-13-17-21-25-35-45-55-65(56-46-36-26-22-18-14-10-6-2)62(68)51-39-31-29-33-43-53-64(59-60-49-41-42-50-61(60)67)54-44-34-30-32-40-52-63(69)66(57-47-37-27-23-19-15-11-7-3)58-48-38-28-24-20-16-12-8-4/h60-61,67H,5-59H2,1-4H3/t60-,61-/m0/s1. The molecule has 0 radical (unpaired) electrons. The van der Waals surface area contributed by atoms with E-state index in [4.69, 9.17) is 0 Å². The van der Waals surface area contributed by atoms with E-state index in [0.29, 0.717) is 17.7 Å². The molecule has 6 heteroatoms. The van der Waals surface area contributed by atoms with Crippen molar-refractivity contribution in [2.45, 2.75) is 342 Å². The molecule has 0 spiro atoms. The van der Waals surface area contributed by atoms with Crippen molar-refractivity contribution in [2.24, 2.45) is 5.92 Å². The highest BCUT2D eigenvalue weighted by atomic mass is 16.3. The van der Waals surface area contributed by atoms with Crippen molar-refractivity contribution in [3.8, 4) is 0 Å². The van der Waals surface area contributed by atoms with Crippen LogP contribution in [0.25, 0.3) is 0 Å². The first-order valence-corrected chi connectivity index (χ1v) is 31.9. The van der Waals surface area contributed by atoms with E-state index < -0.39 is 0 Å². The summed E-state index contributed by atoms with van der Waals surface area (Å²) in [6.45, 7) is 16.3. The van der Waals surface area contributed by atoms with Crippen molar-refractivity contribution >= 4 is 11.8 Å². The minimum atomic E-state index is -0.132. The number of aliphatic hydroxyl groups excluding tert-OH is 1. The van der Waals surface area contributed by atoms with Crippen LogP contribution in [0.5, 0.6) is 0 Å². The predicted molar refractivity (Wildman–Crippen MR) is 303 cm³/mol. The molecule has 0 aromatic rings. The summed E-state index contributed by atoms with van der Waals surface area (Å²) >= 11 is 0. The molecular formula is C63H125N3O3. The Hall–Kier alpha value is -1.14. The van der Waals surface area contributed by atoms with Gasteiger partial charge in [-0.05, 0) is 83.2 Å². The number of carbonyl (C=O) groups is 2. The molecule has 0 aromatic heterocycles. The van der Waals surface area contributed by atoms with E-state index >= 15 is 0 Å². The highest BCUT2D eigenvalue weighted by molar-refractivity contribution is 5.76. The first kappa shape index (κ1) is 65.9. The third-order valence-electron chi connectivity index (χ3n) is 15.9. The summed E-state index contributed by atoms with van der Waals surface area (Å²) < 4.78 is 0. The van der Waals surface area contributed by atoms with Gasteiger partial charge in [-0.25, -0.2) is 0 Å². The van der Waals surface area contributed by atoms with E-state index in [2.05, 4.69) is 42.4 Å². The van der Waals surface area contributed by atoms with Crippen LogP contribution >= 0.6 is 0 Å². The number of hydrogen-bond donors (Lipinski definition) is 1. The third-order valence-corrected chi connectivity index (χ3v) is 15.9. The fraction of sp³-hybridized carbons (Fsp3) is 0.968. The van der Waals surface area contributed by atoms with Crippen LogP contribution in [-0.4, -0.2) is 83.5 Å². The fourth-order valence-electron chi connectivity index (χ4n) is 11.1. The number of hydrogen-bond acceptors (Lipinski definition) is 4. The van der Waals surface area contributed by atoms with Crippen LogP contribution in [0, 0.1) is 5.92 Å². The van der Waals surface area contributed by atoms with Crippen LogP contribution in [-0.2, 0) is 9.59 Å². The maximum absolute atomic E-state index is 13.5. The molecule has 0 heterocycles. The molecule has 2 amide bonds. The van der Waals surface area contributed by atoms with Crippen LogP contribution in [0.4, 0.5) is 0 Å². The van der Waals surface area contributed by atoms with E-state index in [-0.39, 0.29) is 6.10 Å². The zero-order valence-corrected chi connectivity index (χ0v) is 47.7. The van der Waals surface area contributed by atoms with E-state index in [1.54, 1.807) is 0 Å². The third kappa shape index (κ3) is 42.0. The lowest BCUT2D eigenvalue weighted by Gasteiger charge is -2.33. The zero-order chi connectivity index (χ0) is 49.9. The quantitative estimate of drug-likeness (QED) is 0.0617. The SMILES string of the molecule is CCCCCCCCCCN(CCCCCCCCCC)C(=O)CCCCCCCN(CCCCCCCC(=O)N(CCCCCCCCCC)CCCCCCCCCC)C[C@@H]1CCCC[C@@H]1O. The summed E-state index contributed by atoms with van der Waals surface area (Å²) in [6.07, 6.45) is 59.9. The van der Waals surface area contributed by atoms with E-state index in [1.165, 1.54) is 263 Å². The molecule has 1 fully saturated rings. The molecule has 0 aliphatic heterocycles. The van der Waals surface area contributed by atoms with Crippen LogP contribution in [0.3, 0.4) is 0 Å². The number of amides is 2. The van der Waals surface area contributed by atoms with Gasteiger partial charge in [0.05, 0.1) is 6.10 Å². The molecule has 1 rings (SSSR count). The molecule has 69 heavy (non-hydrogen) atoms. The molecule has 1 aliphatic carbocycles. The Morgan fingerprint density at radius 3 is 0.870 bits per heavy atom. The molecule has 0 aromatic carbocycles. The maximum Gasteiger partial charge on any atom is 0.222 e. The Balaban J connectivity index is 2.47. The van der Waals surface area contributed by atoms with Crippen LogP contribution in [0.1, 0.15) is 336 Å². The van der Waals surface area contributed by atoms with Gasteiger partial charge in [-0.3, -0.25) is 9.59 Å². The topological polar surface area (TPSA) is 64.1 Å². The average molecular weight is 973 g/mol. The van der Waals surface area contributed by atoms with Gasteiger partial charge in [-0.2, -0.15) is 0 Å². The molecule has 1 saturated carbocycles. The Labute approximate surface area is 433 Å². The first-order valence-electron chi connectivity index (χ1n) is 31.9. The first-order chi connectivity index (χ1) is 34.0. The van der Waals surface area contributed by atoms with Gasteiger partial charge in [0.2, 0.25) is 11.8 Å². The molecule has 6 nitrogen and oxygen atoms in total. The Morgan fingerprint density at radius 2 is 0.580 bits per heavy atom. The highest BCUT2D eigenvalue weighted by Crippen LogP contribution is 2.26. The number of unbranched alkanes of at least 4 members (excludes halogenated alkanes) is 36. The summed E-state index contributed by atoms with van der Waals surface area (Å²) in [4.78, 5) is 34.2. The molecule has 0 bridgehead atoms. The van der Waals surface area contributed by atoms with Gasteiger partial charge in [0, 0.05) is 45.6 Å². The average Bonchev–Trinajstić information content (AvgIpc) is 3.35. The van der Waals surface area contributed by atoms with Gasteiger partial charge in [0.15, 0.2) is 0 Å². The second-order valence-electron chi connectivity index (χ2n) is 22.6. The minimum absolute atomic E-state index is 0.132. The van der Waals surface area contributed by atoms with Gasteiger partial charge < -0.3 is 19.8 Å². The van der Waals surface area contributed by atoms with Crippen molar-refractivity contribution in [3.05, 3.63) is 0 Å². The zero-order valence-electron chi connectivity index (χ0n) is 47.7. The van der Waals surface area contributed by atoms with Crippen LogP contribution in [0.15, 0.2) is 0 Å². The molecule has 0 saturated heterocycles. The lowest BCUT2D eigenvalue weighted by atomic mass is 9.86. The lowest BCUT2D eigenvalue weighted by molar-refractivity contribution is -0.132. The highest BCUT2D eigenvalue weighted by Gasteiger charge is 2.25. The largest absolute Gasteiger partial charge is 0.393 e. The van der Waals surface area contributed by atoms with Crippen LogP contribution in [0.2, 0.25) is 0 Å². The smallest absolute Gasteiger partial charge is 0.222 e. The van der Waals surface area contributed by atoms with Crippen molar-refractivity contribution in [1.29, 1.82) is 0 Å². The molecule has 2 atom stereocenters. The molecule has 1 aliphatic rings. The monoisotopic (exact) mass is 972 g/mol. The Bertz CT molecular complexity index is 960. The van der Waals surface area contributed by atoms with Gasteiger partial charge in [0.25, 0.3) is 0 Å². The minimum Gasteiger partial charge on any atom is -0.393 e. The Morgan fingerprint density at radius 1 is 0.333 bits per heavy atom. The summed E-state index contributed by atoms with van der Waals surface area (Å²) in [5, 5.41) is 10.9. The van der Waals surface area contributed by atoms with Gasteiger partial charge in [0.1, 0.15) is 0 Å². The van der Waals surface area contributed by atoms with E-state index in [1.807, 2.05) is 0 Å². The van der Waals surface area contributed by atoms with Crippen molar-refractivity contribution < 1.29 is 14.7 Å². The maximum atomic E-state index is 13.5. The molecular weight excluding hydrogens is 847 g/mol. The van der Waals surface area contributed by atoms with Crippen molar-refractivity contribution in [3.63, 3.8) is 0 Å². The van der Waals surface area contributed by atoms with Crippen molar-refractivity contribution in [2.75, 3.05) is 45.8 Å². The summed E-state index contributed by atoms with van der Waals surface area (Å²) in [5.41, 5.74) is 0. The normalized spacial score (nSPS) is 15.1. The lowest BCUT2D eigenvalue weighted by Crippen LogP contribution is -2.38. The van der Waals surface area contributed by atoms with Crippen LogP contribution < -0.4 is 0 Å². The fourth-order valence-corrected chi connectivity index (χ4v) is 11.1. The summed E-state index contributed by atoms with van der Waals surface area (Å²) in [6, 6.07) is 0. The number of carbonyl (C=O) groups excluding carboxylic acids is 2. The number of nitrogens with zero attached hydrogens (tertiary/aromatic N) is 3. The second-order valence-corrected chi connectivity index (χ2v) is 22.6. The van der Waals surface area contributed by atoms with E-state index in [9.17, 15) is 14.7 Å². The predicted octanol–water partition coefficient (Wildman–Crippen LogP) is 18.7. The molecule has 410 valence electrons. The van der Waals surface area contributed by atoms with E-state index in [0.717, 1.165) is 90.8 Å². The number of rotatable bonds is 54. The molecule has 0 unspecified atom stereocenters. The summed E-state index contributed by atoms with van der Waals surface area (Å²) in [5.74, 6) is 1.25. The van der Waals surface area contributed by atoms with Gasteiger partial charge in [-0.1, -0.05) is 259 Å².